The van der Waals surface area contributed by atoms with Gasteiger partial charge in [0.15, 0.2) is 0 Å². The summed E-state index contributed by atoms with van der Waals surface area (Å²) < 4.78 is 15.1. The van der Waals surface area contributed by atoms with Crippen molar-refractivity contribution in [3.63, 3.8) is 0 Å². The summed E-state index contributed by atoms with van der Waals surface area (Å²) >= 11 is 0. The van der Waals surface area contributed by atoms with Crippen molar-refractivity contribution in [1.82, 2.24) is 5.32 Å². The fraction of sp³-hybridized carbons (Fsp3) is 0.400. The minimum Gasteiger partial charge on any atom is -0.520 e. The number of hydrogen-bond acceptors (Lipinski definition) is 5. The van der Waals surface area contributed by atoms with Gasteiger partial charge >= 0.3 is 0 Å². The van der Waals surface area contributed by atoms with Crippen LogP contribution in [0.2, 0.25) is 0 Å². The molecule has 0 spiro atoms. The van der Waals surface area contributed by atoms with Crippen LogP contribution in [-0.4, -0.2) is 39.4 Å². The average molecular weight is 553 g/mol. The van der Waals surface area contributed by atoms with Crippen molar-refractivity contribution in [1.29, 1.82) is 0 Å². The van der Waals surface area contributed by atoms with Gasteiger partial charge in [-0.15, -0.1) is 0 Å². The molecule has 1 amide bonds. The standard InChI is InChI=1S/C18H22NO3.C2H4O2.Ir/c1-14(12-15-6-4-3-5-7-15)22-18(19-13-20)16-8-10-17(21-2)11-9-16;1-4-2-3;/h3-8,10,14,18H,9,11-12H2,1-2H3,(H,19,20);2H,1H3;/q-1;;. The van der Waals surface area contributed by atoms with Crippen molar-refractivity contribution in [2.24, 2.45) is 0 Å². The Balaban J connectivity index is 0.00000123. The van der Waals surface area contributed by atoms with Gasteiger partial charge in [-0.1, -0.05) is 36.4 Å². The summed E-state index contributed by atoms with van der Waals surface area (Å²) in [5, 5.41) is 2.64. The van der Waals surface area contributed by atoms with Crippen LogP contribution in [0.1, 0.15) is 25.3 Å². The molecule has 7 heteroatoms. The summed E-state index contributed by atoms with van der Waals surface area (Å²) in [6, 6.07) is 10.2. The average Bonchev–Trinajstić information content (AvgIpc) is 2.68. The van der Waals surface area contributed by atoms with E-state index in [0.717, 1.165) is 30.6 Å². The summed E-state index contributed by atoms with van der Waals surface area (Å²) in [7, 11) is 2.98. The van der Waals surface area contributed by atoms with Gasteiger partial charge in [0, 0.05) is 26.5 Å². The molecule has 0 aromatic heterocycles. The first kappa shape index (κ1) is 25.0. The molecule has 1 aromatic carbocycles. The van der Waals surface area contributed by atoms with E-state index in [1.807, 2.05) is 37.3 Å². The maximum absolute atomic E-state index is 10.7. The minimum atomic E-state index is -0.439. The second-order valence-electron chi connectivity index (χ2n) is 5.67. The molecule has 2 atom stereocenters. The van der Waals surface area contributed by atoms with Crippen LogP contribution in [-0.2, 0) is 50.3 Å². The Morgan fingerprint density at radius 1 is 1.19 bits per heavy atom. The van der Waals surface area contributed by atoms with E-state index in [-0.39, 0.29) is 26.2 Å². The zero-order valence-electron chi connectivity index (χ0n) is 15.8. The number of amides is 1. The van der Waals surface area contributed by atoms with E-state index in [2.05, 4.69) is 22.2 Å². The molecule has 2 unspecified atom stereocenters. The molecule has 1 aliphatic rings. The largest absolute Gasteiger partial charge is 0.520 e. The summed E-state index contributed by atoms with van der Waals surface area (Å²) in [6.07, 6.45) is 7.58. The SMILES string of the molecule is COC1=CC=C(C(N[C-]=O)OC(C)Cc2ccccc2)CC1.COC=O.[Ir]. The number of hydrogen-bond donors (Lipinski definition) is 1. The Labute approximate surface area is 174 Å². The number of ether oxygens (including phenoxy) is 3. The summed E-state index contributed by atoms with van der Waals surface area (Å²) in [6.45, 7) is 2.38. The molecule has 1 aliphatic carbocycles. The first-order valence-electron chi connectivity index (χ1n) is 8.36. The Bertz CT molecular complexity index is 604. The van der Waals surface area contributed by atoms with Crippen molar-refractivity contribution in [2.75, 3.05) is 14.2 Å². The fourth-order valence-electron chi connectivity index (χ4n) is 2.52. The first-order valence-corrected chi connectivity index (χ1v) is 8.36. The quantitative estimate of drug-likeness (QED) is 0.221. The molecule has 1 radical (unpaired) electrons. The number of carbonyl (C=O) groups excluding carboxylic acids is 2. The zero-order valence-corrected chi connectivity index (χ0v) is 18.2. The Morgan fingerprint density at radius 2 is 1.85 bits per heavy atom. The van der Waals surface area contributed by atoms with Crippen molar-refractivity contribution in [2.45, 2.75) is 38.5 Å². The van der Waals surface area contributed by atoms with Gasteiger partial charge in [0.1, 0.15) is 6.23 Å². The van der Waals surface area contributed by atoms with Crippen LogP contribution >= 0.6 is 0 Å². The third-order valence-electron chi connectivity index (χ3n) is 3.76. The summed E-state index contributed by atoms with van der Waals surface area (Å²) in [4.78, 5) is 19.7. The van der Waals surface area contributed by atoms with E-state index in [9.17, 15) is 4.79 Å². The molecule has 0 saturated carbocycles. The van der Waals surface area contributed by atoms with Crippen molar-refractivity contribution in [3.05, 3.63) is 59.4 Å². The second-order valence-corrected chi connectivity index (χ2v) is 5.67. The molecular weight excluding hydrogens is 526 g/mol. The number of benzene rings is 1. The van der Waals surface area contributed by atoms with Crippen LogP contribution in [0.25, 0.3) is 0 Å². The number of rotatable bonds is 9. The van der Waals surface area contributed by atoms with Gasteiger partial charge < -0.3 is 24.3 Å². The van der Waals surface area contributed by atoms with E-state index in [1.54, 1.807) is 13.5 Å². The molecule has 0 heterocycles. The minimum absolute atomic E-state index is 0. The molecule has 1 N–H and O–H groups in total. The molecule has 0 aliphatic heterocycles. The van der Waals surface area contributed by atoms with E-state index >= 15 is 0 Å². The Morgan fingerprint density at radius 3 is 2.33 bits per heavy atom. The number of methoxy groups -OCH3 is 2. The first-order chi connectivity index (χ1) is 12.6. The van der Waals surface area contributed by atoms with E-state index in [1.165, 1.54) is 12.7 Å². The monoisotopic (exact) mass is 553 g/mol. The molecule has 151 valence electrons. The molecule has 0 bridgehead atoms. The molecule has 1 aromatic rings. The Hall–Kier alpha value is -1.95. The van der Waals surface area contributed by atoms with Crippen LogP contribution in [0.5, 0.6) is 0 Å². The van der Waals surface area contributed by atoms with Gasteiger partial charge in [-0.2, -0.15) is 6.41 Å². The van der Waals surface area contributed by atoms with E-state index in [4.69, 9.17) is 14.3 Å². The van der Waals surface area contributed by atoms with E-state index in [0.29, 0.717) is 6.47 Å². The van der Waals surface area contributed by atoms with Crippen LogP contribution in [0, 0.1) is 0 Å². The molecule has 0 saturated heterocycles. The van der Waals surface area contributed by atoms with Gasteiger partial charge in [0.25, 0.3) is 6.47 Å². The van der Waals surface area contributed by atoms with Crippen molar-refractivity contribution in [3.8, 4) is 0 Å². The second kappa shape index (κ2) is 15.1. The smallest absolute Gasteiger partial charge is 0.292 e. The molecule has 27 heavy (non-hydrogen) atoms. The number of allylic oxidation sites excluding steroid dienone is 3. The van der Waals surface area contributed by atoms with Gasteiger partial charge in [0.2, 0.25) is 0 Å². The van der Waals surface area contributed by atoms with Crippen LogP contribution in [0.4, 0.5) is 0 Å². The third-order valence-corrected chi connectivity index (χ3v) is 3.76. The Kier molecular flexibility index (Phi) is 14.0. The molecule has 0 fully saturated rings. The normalized spacial score (nSPS) is 14.6. The molecular formula is C20H26IrNO5-. The number of carbonyl (C=O) groups is 1. The fourth-order valence-corrected chi connectivity index (χ4v) is 2.52. The van der Waals surface area contributed by atoms with Crippen LogP contribution < -0.4 is 5.32 Å². The molecule has 2 rings (SSSR count). The van der Waals surface area contributed by atoms with Gasteiger partial charge in [-0.3, -0.25) is 4.79 Å². The summed E-state index contributed by atoms with van der Waals surface area (Å²) in [5.74, 6) is 0.940. The predicted octanol–water partition coefficient (Wildman–Crippen LogP) is 2.65. The third kappa shape index (κ3) is 10.1. The maximum Gasteiger partial charge on any atom is 0.292 e. The molecule has 6 nitrogen and oxygen atoms in total. The van der Waals surface area contributed by atoms with Gasteiger partial charge in [-0.25, -0.2) is 0 Å². The van der Waals surface area contributed by atoms with Crippen molar-refractivity contribution >= 4 is 12.9 Å². The van der Waals surface area contributed by atoms with Crippen LogP contribution in [0.15, 0.2) is 53.8 Å². The zero-order chi connectivity index (χ0) is 19.2. The van der Waals surface area contributed by atoms with Crippen LogP contribution in [0.3, 0.4) is 0 Å². The predicted molar refractivity (Wildman–Crippen MR) is 98.8 cm³/mol. The van der Waals surface area contributed by atoms with Crippen molar-refractivity contribution < 1.29 is 43.9 Å². The maximum atomic E-state index is 10.7. The van der Waals surface area contributed by atoms with Gasteiger partial charge in [0.05, 0.1) is 26.1 Å². The topological polar surface area (TPSA) is 73.9 Å². The van der Waals surface area contributed by atoms with E-state index < -0.39 is 6.23 Å². The van der Waals surface area contributed by atoms with Gasteiger partial charge in [-0.05, 0) is 37.0 Å². The summed E-state index contributed by atoms with van der Waals surface area (Å²) in [5.41, 5.74) is 2.24. The number of nitrogens with one attached hydrogen (secondary N) is 1.